The maximum absolute atomic E-state index is 12.4. The van der Waals surface area contributed by atoms with Gasteiger partial charge in [0.05, 0.1) is 24.7 Å². The monoisotopic (exact) mass is 404 g/mol. The lowest BCUT2D eigenvalue weighted by Crippen LogP contribution is -2.36. The zero-order chi connectivity index (χ0) is 19.8. The molecule has 3 rings (SSSR count). The first-order valence-corrected chi connectivity index (χ1v) is 11.2. The van der Waals surface area contributed by atoms with E-state index >= 15 is 0 Å². The average Bonchev–Trinajstić information content (AvgIpc) is 2.73. The van der Waals surface area contributed by atoms with E-state index in [0.717, 1.165) is 38.3 Å². The van der Waals surface area contributed by atoms with Crippen LogP contribution in [0.15, 0.2) is 53.4 Å². The van der Waals surface area contributed by atoms with E-state index in [4.69, 9.17) is 9.47 Å². The van der Waals surface area contributed by atoms with Gasteiger partial charge in [-0.25, -0.2) is 13.1 Å². The normalized spacial score (nSPS) is 14.8. The molecule has 1 fully saturated rings. The molecule has 6 nitrogen and oxygen atoms in total. The summed E-state index contributed by atoms with van der Waals surface area (Å²) in [5.41, 5.74) is 2.28. The fraction of sp³-hybridized carbons (Fsp3) is 0.429. The number of ether oxygens (including phenoxy) is 2. The van der Waals surface area contributed by atoms with Crippen LogP contribution in [0, 0.1) is 0 Å². The maximum Gasteiger partial charge on any atom is 0.240 e. The van der Waals surface area contributed by atoms with E-state index in [1.54, 1.807) is 24.3 Å². The molecule has 1 heterocycles. The summed E-state index contributed by atoms with van der Waals surface area (Å²) in [6.45, 7) is 6.33. The molecule has 0 bridgehead atoms. The fourth-order valence-electron chi connectivity index (χ4n) is 3.04. The zero-order valence-corrected chi connectivity index (χ0v) is 17.1. The van der Waals surface area contributed by atoms with Crippen molar-refractivity contribution >= 4 is 15.7 Å². The Hall–Kier alpha value is -2.09. The Morgan fingerprint density at radius 1 is 1.04 bits per heavy atom. The van der Waals surface area contributed by atoms with Crippen molar-refractivity contribution in [1.82, 2.24) is 4.72 Å². The summed E-state index contributed by atoms with van der Waals surface area (Å²) in [6, 6.07) is 14.8. The van der Waals surface area contributed by atoms with Crippen LogP contribution < -0.4 is 14.4 Å². The summed E-state index contributed by atoms with van der Waals surface area (Å²) < 4.78 is 38.4. The van der Waals surface area contributed by atoms with E-state index in [-0.39, 0.29) is 4.90 Å². The molecule has 2 aromatic rings. The lowest BCUT2D eigenvalue weighted by molar-refractivity contribution is 0.122. The smallest absolute Gasteiger partial charge is 0.240 e. The van der Waals surface area contributed by atoms with E-state index in [0.29, 0.717) is 25.3 Å². The first-order valence-electron chi connectivity index (χ1n) is 9.72. The van der Waals surface area contributed by atoms with Gasteiger partial charge in [-0.15, -0.1) is 0 Å². The highest BCUT2D eigenvalue weighted by molar-refractivity contribution is 7.89. The Labute approximate surface area is 167 Å². The second-order valence-corrected chi connectivity index (χ2v) is 8.50. The van der Waals surface area contributed by atoms with E-state index in [2.05, 4.69) is 33.9 Å². The Morgan fingerprint density at radius 2 is 1.71 bits per heavy atom. The van der Waals surface area contributed by atoms with Crippen LogP contribution in [-0.4, -0.2) is 47.9 Å². The first-order chi connectivity index (χ1) is 13.6. The van der Waals surface area contributed by atoms with Crippen molar-refractivity contribution in [2.45, 2.75) is 24.7 Å². The summed E-state index contributed by atoms with van der Waals surface area (Å²) in [4.78, 5) is 2.54. The second kappa shape index (κ2) is 9.91. The molecule has 1 aliphatic heterocycles. The molecule has 2 aromatic carbocycles. The van der Waals surface area contributed by atoms with Crippen LogP contribution in [0.5, 0.6) is 5.75 Å². The van der Waals surface area contributed by atoms with E-state index in [9.17, 15) is 8.42 Å². The van der Waals surface area contributed by atoms with Crippen LogP contribution >= 0.6 is 0 Å². The Bertz CT molecular complexity index is 830. The molecular weight excluding hydrogens is 376 g/mol. The topological polar surface area (TPSA) is 67.9 Å². The third-order valence-corrected chi connectivity index (χ3v) is 6.10. The van der Waals surface area contributed by atoms with Crippen LogP contribution in [0.1, 0.15) is 18.9 Å². The summed E-state index contributed by atoms with van der Waals surface area (Å²) in [5.74, 6) is 0.682. The Kier molecular flexibility index (Phi) is 7.30. The van der Waals surface area contributed by atoms with Gasteiger partial charge in [-0.3, -0.25) is 0 Å². The Balaban J connectivity index is 1.50. The van der Waals surface area contributed by atoms with Crippen molar-refractivity contribution in [3.8, 4) is 5.75 Å². The predicted octanol–water partition coefficient (Wildman–Crippen LogP) is 2.83. The number of hydrogen-bond donors (Lipinski definition) is 1. The molecule has 0 unspecified atom stereocenters. The van der Waals surface area contributed by atoms with Gasteiger partial charge >= 0.3 is 0 Å². The maximum atomic E-state index is 12.4. The van der Waals surface area contributed by atoms with Gasteiger partial charge in [0.15, 0.2) is 0 Å². The zero-order valence-electron chi connectivity index (χ0n) is 16.3. The molecule has 1 aliphatic rings. The molecule has 7 heteroatoms. The average molecular weight is 405 g/mol. The minimum Gasteiger partial charge on any atom is -0.494 e. The molecule has 0 atom stereocenters. The van der Waals surface area contributed by atoms with Gasteiger partial charge in [-0.05, 0) is 54.8 Å². The molecule has 0 radical (unpaired) electrons. The fourth-order valence-corrected chi connectivity index (χ4v) is 4.07. The van der Waals surface area contributed by atoms with Gasteiger partial charge in [0, 0.05) is 25.3 Å². The molecule has 0 amide bonds. The van der Waals surface area contributed by atoms with Crippen molar-refractivity contribution in [3.63, 3.8) is 0 Å². The number of morpholine rings is 1. The largest absolute Gasteiger partial charge is 0.494 e. The number of nitrogens with zero attached hydrogens (tertiary/aromatic N) is 1. The van der Waals surface area contributed by atoms with Gasteiger partial charge in [0.25, 0.3) is 0 Å². The number of benzene rings is 2. The van der Waals surface area contributed by atoms with Crippen LogP contribution in [0.4, 0.5) is 5.69 Å². The lowest BCUT2D eigenvalue weighted by atomic mass is 10.1. The predicted molar refractivity (Wildman–Crippen MR) is 111 cm³/mol. The van der Waals surface area contributed by atoms with E-state index in [1.165, 1.54) is 5.69 Å². The molecule has 0 aromatic heterocycles. The highest BCUT2D eigenvalue weighted by Gasteiger charge is 2.14. The SMILES string of the molecule is CCCOc1ccc(S(=O)(=O)NCCc2ccc(N3CCOCC3)cc2)cc1. The third kappa shape index (κ3) is 5.70. The number of hydrogen-bond acceptors (Lipinski definition) is 5. The molecule has 1 N–H and O–H groups in total. The van der Waals surface area contributed by atoms with Crippen molar-refractivity contribution in [2.75, 3.05) is 44.4 Å². The van der Waals surface area contributed by atoms with E-state index in [1.807, 2.05) is 6.92 Å². The number of sulfonamides is 1. The van der Waals surface area contributed by atoms with Gasteiger partial charge < -0.3 is 14.4 Å². The third-order valence-electron chi connectivity index (χ3n) is 4.63. The minimum atomic E-state index is -3.52. The Morgan fingerprint density at radius 3 is 2.36 bits per heavy atom. The molecule has 0 aliphatic carbocycles. The molecular formula is C21H28N2O4S. The number of anilines is 1. The van der Waals surface area contributed by atoms with Gasteiger partial charge in [-0.1, -0.05) is 19.1 Å². The highest BCUT2D eigenvalue weighted by atomic mass is 32.2. The van der Waals surface area contributed by atoms with E-state index < -0.39 is 10.0 Å². The quantitative estimate of drug-likeness (QED) is 0.696. The van der Waals surface area contributed by atoms with Crippen LogP contribution in [0.25, 0.3) is 0 Å². The van der Waals surface area contributed by atoms with Crippen molar-refractivity contribution in [1.29, 1.82) is 0 Å². The summed E-state index contributed by atoms with van der Waals surface area (Å²) in [6.07, 6.45) is 1.55. The van der Waals surface area contributed by atoms with Crippen LogP contribution in [-0.2, 0) is 21.2 Å². The van der Waals surface area contributed by atoms with Crippen molar-refractivity contribution in [2.24, 2.45) is 0 Å². The standard InChI is InChI=1S/C21H28N2O4S/c1-2-15-27-20-7-9-21(10-8-20)28(24,25)22-12-11-18-3-5-19(6-4-18)23-13-16-26-17-14-23/h3-10,22H,2,11-17H2,1H3. The second-order valence-electron chi connectivity index (χ2n) is 6.73. The molecule has 28 heavy (non-hydrogen) atoms. The summed E-state index contributed by atoms with van der Waals surface area (Å²) in [7, 11) is -3.52. The molecule has 152 valence electrons. The summed E-state index contributed by atoms with van der Waals surface area (Å²) >= 11 is 0. The lowest BCUT2D eigenvalue weighted by Gasteiger charge is -2.28. The molecule has 1 saturated heterocycles. The summed E-state index contributed by atoms with van der Waals surface area (Å²) in [5, 5.41) is 0. The number of rotatable bonds is 9. The van der Waals surface area contributed by atoms with Crippen molar-refractivity contribution < 1.29 is 17.9 Å². The van der Waals surface area contributed by atoms with Gasteiger partial charge in [0.1, 0.15) is 5.75 Å². The molecule has 0 spiro atoms. The number of nitrogens with one attached hydrogen (secondary N) is 1. The molecule has 0 saturated carbocycles. The first kappa shape index (κ1) is 20.6. The van der Waals surface area contributed by atoms with Crippen LogP contribution in [0.3, 0.4) is 0 Å². The highest BCUT2D eigenvalue weighted by Crippen LogP contribution is 2.18. The van der Waals surface area contributed by atoms with Gasteiger partial charge in [0.2, 0.25) is 10.0 Å². The van der Waals surface area contributed by atoms with Crippen molar-refractivity contribution in [3.05, 3.63) is 54.1 Å². The van der Waals surface area contributed by atoms with Crippen LogP contribution in [0.2, 0.25) is 0 Å². The minimum absolute atomic E-state index is 0.249. The van der Waals surface area contributed by atoms with Gasteiger partial charge in [-0.2, -0.15) is 0 Å².